The minimum Gasteiger partial charge on any atom is -0.481 e. The molecule has 3 nitrogen and oxygen atoms in total. The molecule has 1 unspecified atom stereocenters. The van der Waals surface area contributed by atoms with Crippen LogP contribution < -0.4 is 5.32 Å². The van der Waals surface area contributed by atoms with Gasteiger partial charge in [0.05, 0.1) is 5.92 Å². The predicted octanol–water partition coefficient (Wildman–Crippen LogP) is 3.75. The average molecular weight is 358 g/mol. The number of carboxylic acid groups (broad SMARTS) is 1. The summed E-state index contributed by atoms with van der Waals surface area (Å²) in [6, 6.07) is 5.43. The summed E-state index contributed by atoms with van der Waals surface area (Å²) in [4.78, 5) is 10.9. The summed E-state index contributed by atoms with van der Waals surface area (Å²) in [5.41, 5.74) is 1.08. The molecular formula is C16H21BrFNO2. The lowest BCUT2D eigenvalue weighted by Crippen LogP contribution is -2.41. The van der Waals surface area contributed by atoms with Crippen LogP contribution in [0.5, 0.6) is 0 Å². The summed E-state index contributed by atoms with van der Waals surface area (Å²) in [7, 11) is 0. The second kappa shape index (κ2) is 7.36. The highest BCUT2D eigenvalue weighted by Gasteiger charge is 2.26. The van der Waals surface area contributed by atoms with Crippen molar-refractivity contribution in [3.63, 3.8) is 0 Å². The highest BCUT2D eigenvalue weighted by Crippen LogP contribution is 2.25. The normalized spacial score (nSPS) is 23.8. The standard InChI is InChI=1S/C16H21BrFNO2/c1-10(8-12-2-5-13(18)9-15(12)17)19-14-6-3-11(4-7-14)16(20)21/h2,5,9-11,14,19H,3-4,6-8H2,1H3,(H,20,21). The van der Waals surface area contributed by atoms with Gasteiger partial charge in [-0.3, -0.25) is 4.79 Å². The number of hydrogen-bond donors (Lipinski definition) is 2. The second-order valence-electron chi connectivity index (χ2n) is 5.89. The Bertz CT molecular complexity index is 501. The lowest BCUT2D eigenvalue weighted by Gasteiger charge is -2.29. The largest absolute Gasteiger partial charge is 0.481 e. The van der Waals surface area contributed by atoms with Crippen molar-refractivity contribution in [2.24, 2.45) is 5.92 Å². The topological polar surface area (TPSA) is 49.3 Å². The van der Waals surface area contributed by atoms with Gasteiger partial charge in [0.25, 0.3) is 0 Å². The van der Waals surface area contributed by atoms with Gasteiger partial charge in [0, 0.05) is 16.6 Å². The number of aliphatic carboxylic acids is 1. The van der Waals surface area contributed by atoms with Crippen LogP contribution in [0.3, 0.4) is 0 Å². The van der Waals surface area contributed by atoms with Crippen molar-refractivity contribution in [2.75, 3.05) is 0 Å². The molecule has 116 valence electrons. The molecule has 5 heteroatoms. The Morgan fingerprint density at radius 2 is 2.10 bits per heavy atom. The third-order valence-electron chi connectivity index (χ3n) is 4.14. The van der Waals surface area contributed by atoms with Crippen LogP contribution >= 0.6 is 15.9 Å². The molecule has 0 radical (unpaired) electrons. The van der Waals surface area contributed by atoms with E-state index < -0.39 is 5.97 Å². The molecule has 1 aromatic rings. The van der Waals surface area contributed by atoms with Crippen LogP contribution in [0.15, 0.2) is 22.7 Å². The zero-order valence-electron chi connectivity index (χ0n) is 12.1. The number of halogens is 2. The lowest BCUT2D eigenvalue weighted by molar-refractivity contribution is -0.142. The maximum Gasteiger partial charge on any atom is 0.306 e. The van der Waals surface area contributed by atoms with E-state index in [-0.39, 0.29) is 17.8 Å². The van der Waals surface area contributed by atoms with Gasteiger partial charge in [-0.2, -0.15) is 0 Å². The van der Waals surface area contributed by atoms with Crippen LogP contribution in [0.25, 0.3) is 0 Å². The highest BCUT2D eigenvalue weighted by molar-refractivity contribution is 9.10. The molecule has 1 aliphatic rings. The van der Waals surface area contributed by atoms with Crippen molar-refractivity contribution in [3.05, 3.63) is 34.1 Å². The Hall–Kier alpha value is -0.940. The van der Waals surface area contributed by atoms with Gasteiger partial charge in [-0.25, -0.2) is 4.39 Å². The molecule has 2 rings (SSSR count). The molecule has 0 aliphatic heterocycles. The first-order chi connectivity index (χ1) is 9.95. The van der Waals surface area contributed by atoms with Gasteiger partial charge in [0.15, 0.2) is 0 Å². The van der Waals surface area contributed by atoms with Crippen LogP contribution in [0.1, 0.15) is 38.2 Å². The van der Waals surface area contributed by atoms with Gasteiger partial charge in [-0.05, 0) is 56.7 Å². The zero-order valence-corrected chi connectivity index (χ0v) is 13.7. The number of carboxylic acids is 1. The van der Waals surface area contributed by atoms with Crippen molar-refractivity contribution in [2.45, 2.75) is 51.1 Å². The van der Waals surface area contributed by atoms with Gasteiger partial charge in [0.1, 0.15) is 5.82 Å². The van der Waals surface area contributed by atoms with E-state index in [2.05, 4.69) is 28.2 Å². The molecule has 1 saturated carbocycles. The molecule has 1 fully saturated rings. The number of carbonyl (C=O) groups is 1. The van der Waals surface area contributed by atoms with Gasteiger partial charge in [-0.15, -0.1) is 0 Å². The molecule has 0 aromatic heterocycles. The van der Waals surface area contributed by atoms with Crippen molar-refractivity contribution < 1.29 is 14.3 Å². The number of benzene rings is 1. The van der Waals surface area contributed by atoms with Crippen LogP contribution in [0.4, 0.5) is 4.39 Å². The molecule has 0 saturated heterocycles. The number of nitrogens with one attached hydrogen (secondary N) is 1. The Kier molecular flexibility index (Phi) is 5.76. The molecule has 21 heavy (non-hydrogen) atoms. The molecule has 1 atom stereocenters. The second-order valence-corrected chi connectivity index (χ2v) is 6.75. The van der Waals surface area contributed by atoms with E-state index in [9.17, 15) is 9.18 Å². The summed E-state index contributed by atoms with van der Waals surface area (Å²) in [5.74, 6) is -1.08. The Morgan fingerprint density at radius 3 is 2.67 bits per heavy atom. The Balaban J connectivity index is 1.82. The molecule has 1 aromatic carbocycles. The molecule has 1 aliphatic carbocycles. The highest BCUT2D eigenvalue weighted by atomic mass is 79.9. The molecule has 0 heterocycles. The summed E-state index contributed by atoms with van der Waals surface area (Å²) in [6.45, 7) is 2.11. The van der Waals surface area contributed by atoms with Crippen LogP contribution in [0, 0.1) is 11.7 Å². The smallest absolute Gasteiger partial charge is 0.306 e. The van der Waals surface area contributed by atoms with Crippen molar-refractivity contribution in [3.8, 4) is 0 Å². The van der Waals surface area contributed by atoms with Gasteiger partial charge in [0.2, 0.25) is 0 Å². The van der Waals surface area contributed by atoms with Gasteiger partial charge < -0.3 is 10.4 Å². The number of hydrogen-bond acceptors (Lipinski definition) is 2. The minimum absolute atomic E-state index is 0.176. The van der Waals surface area contributed by atoms with Gasteiger partial charge >= 0.3 is 5.97 Å². The first kappa shape index (κ1) is 16.4. The molecule has 0 spiro atoms. The molecule has 2 N–H and O–H groups in total. The molecular weight excluding hydrogens is 337 g/mol. The Labute approximate surface area is 133 Å². The summed E-state index contributed by atoms with van der Waals surface area (Å²) >= 11 is 3.39. The van der Waals surface area contributed by atoms with Crippen molar-refractivity contribution >= 4 is 21.9 Å². The molecule has 0 bridgehead atoms. The maximum atomic E-state index is 13.1. The van der Waals surface area contributed by atoms with Gasteiger partial charge in [-0.1, -0.05) is 22.0 Å². The third-order valence-corrected chi connectivity index (χ3v) is 4.88. The first-order valence-electron chi connectivity index (χ1n) is 7.38. The monoisotopic (exact) mass is 357 g/mol. The third kappa shape index (κ3) is 4.78. The molecule has 0 amide bonds. The van der Waals surface area contributed by atoms with E-state index in [4.69, 9.17) is 5.11 Å². The first-order valence-corrected chi connectivity index (χ1v) is 8.17. The predicted molar refractivity (Wildman–Crippen MR) is 83.8 cm³/mol. The average Bonchev–Trinajstić information content (AvgIpc) is 2.42. The number of rotatable bonds is 5. The fourth-order valence-corrected chi connectivity index (χ4v) is 3.50. The van der Waals surface area contributed by atoms with Crippen LogP contribution in [0.2, 0.25) is 0 Å². The van der Waals surface area contributed by atoms with Crippen molar-refractivity contribution in [1.82, 2.24) is 5.32 Å². The van der Waals surface area contributed by atoms with E-state index >= 15 is 0 Å². The minimum atomic E-state index is -0.670. The fraction of sp³-hybridized carbons (Fsp3) is 0.562. The lowest BCUT2D eigenvalue weighted by atomic mass is 9.85. The van der Waals surface area contributed by atoms with E-state index in [1.165, 1.54) is 12.1 Å². The summed E-state index contributed by atoms with van der Waals surface area (Å²) in [5, 5.41) is 12.6. The fourth-order valence-electron chi connectivity index (χ4n) is 2.99. The van der Waals surface area contributed by atoms with E-state index in [1.54, 1.807) is 6.07 Å². The van der Waals surface area contributed by atoms with Crippen LogP contribution in [-0.2, 0) is 11.2 Å². The van der Waals surface area contributed by atoms with Crippen molar-refractivity contribution in [1.29, 1.82) is 0 Å². The van der Waals surface area contributed by atoms with E-state index in [1.807, 2.05) is 0 Å². The summed E-state index contributed by atoms with van der Waals surface area (Å²) in [6.07, 6.45) is 4.14. The van der Waals surface area contributed by atoms with E-state index in [0.717, 1.165) is 42.1 Å². The Morgan fingerprint density at radius 1 is 1.43 bits per heavy atom. The maximum absolute atomic E-state index is 13.1. The van der Waals surface area contributed by atoms with Crippen LogP contribution in [-0.4, -0.2) is 23.2 Å². The zero-order chi connectivity index (χ0) is 15.4. The quantitative estimate of drug-likeness (QED) is 0.843. The summed E-state index contributed by atoms with van der Waals surface area (Å²) < 4.78 is 13.9. The SMILES string of the molecule is CC(Cc1ccc(F)cc1Br)NC1CCC(C(=O)O)CC1. The van der Waals surface area contributed by atoms with E-state index in [0.29, 0.717) is 6.04 Å².